The van der Waals surface area contributed by atoms with Crippen LogP contribution in [0.1, 0.15) is 35.4 Å². The molecule has 3 aliphatic rings. The van der Waals surface area contributed by atoms with E-state index in [2.05, 4.69) is 5.10 Å². The number of carbonyl (C=O) groups excluding carboxylic acids is 1. The van der Waals surface area contributed by atoms with Crippen LogP contribution in [0.3, 0.4) is 0 Å². The topological polar surface area (TPSA) is 78.7 Å². The van der Waals surface area contributed by atoms with E-state index < -0.39 is 23.7 Å². The van der Waals surface area contributed by atoms with Gasteiger partial charge in [-0.2, -0.15) is 18.3 Å². The molecule has 5 rings (SSSR count). The van der Waals surface area contributed by atoms with Gasteiger partial charge < -0.3 is 10.0 Å². The lowest BCUT2D eigenvalue weighted by Crippen LogP contribution is -2.64. The summed E-state index contributed by atoms with van der Waals surface area (Å²) >= 11 is 5.78. The van der Waals surface area contributed by atoms with Gasteiger partial charge in [-0.25, -0.2) is 4.39 Å². The van der Waals surface area contributed by atoms with Crippen molar-refractivity contribution in [1.82, 2.24) is 19.6 Å². The molecular weight excluding hydrogens is 492 g/mol. The summed E-state index contributed by atoms with van der Waals surface area (Å²) in [6, 6.07) is 3.95. The number of rotatable bonds is 5. The monoisotopic (exact) mass is 514 g/mol. The van der Waals surface area contributed by atoms with Crippen LogP contribution in [0.15, 0.2) is 18.2 Å². The summed E-state index contributed by atoms with van der Waals surface area (Å²) in [5.74, 6) is -1.96. The average molecular weight is 515 g/mol. The number of carbonyl (C=O) groups is 2. The van der Waals surface area contributed by atoms with Gasteiger partial charge in [-0.1, -0.05) is 17.7 Å². The van der Waals surface area contributed by atoms with Crippen LogP contribution in [-0.2, 0) is 35.3 Å². The van der Waals surface area contributed by atoms with Crippen LogP contribution in [0.2, 0.25) is 5.02 Å². The zero-order valence-electron chi connectivity index (χ0n) is 18.6. The highest BCUT2D eigenvalue weighted by Gasteiger charge is 2.54. The van der Waals surface area contributed by atoms with Gasteiger partial charge in [0, 0.05) is 35.8 Å². The molecule has 1 saturated carbocycles. The molecule has 188 valence electrons. The van der Waals surface area contributed by atoms with Gasteiger partial charge in [-0.15, -0.1) is 0 Å². The number of hydrogen-bond donors (Lipinski definition) is 1. The summed E-state index contributed by atoms with van der Waals surface area (Å²) < 4.78 is 56.4. The van der Waals surface area contributed by atoms with Crippen LogP contribution in [0.25, 0.3) is 0 Å². The van der Waals surface area contributed by atoms with E-state index in [1.807, 2.05) is 4.90 Å². The largest absolute Gasteiger partial charge is 0.481 e. The fourth-order valence-corrected chi connectivity index (χ4v) is 5.75. The van der Waals surface area contributed by atoms with Crippen molar-refractivity contribution in [3.05, 3.63) is 51.6 Å². The molecule has 1 N–H and O–H groups in total. The fourth-order valence-electron chi connectivity index (χ4n) is 5.59. The number of carboxylic acids is 1. The van der Waals surface area contributed by atoms with Crippen LogP contribution in [-0.4, -0.2) is 62.7 Å². The first kappa shape index (κ1) is 24.1. The second-order valence-corrected chi connectivity index (χ2v) is 10.3. The number of aromatic nitrogens is 2. The predicted octanol–water partition coefficient (Wildman–Crippen LogP) is 3.42. The van der Waals surface area contributed by atoms with E-state index in [-0.39, 0.29) is 71.7 Å². The van der Waals surface area contributed by atoms with E-state index in [9.17, 15) is 27.2 Å². The lowest BCUT2D eigenvalue weighted by molar-refractivity contribution is -0.163. The van der Waals surface area contributed by atoms with Crippen molar-refractivity contribution in [1.29, 1.82) is 0 Å². The Bertz CT molecular complexity index is 1180. The second kappa shape index (κ2) is 8.48. The van der Waals surface area contributed by atoms with Gasteiger partial charge in [0.2, 0.25) is 5.91 Å². The summed E-state index contributed by atoms with van der Waals surface area (Å²) in [5.41, 5.74) is -0.608. The van der Waals surface area contributed by atoms with Gasteiger partial charge in [-0.3, -0.25) is 19.2 Å². The molecule has 2 aliphatic heterocycles. The molecule has 0 atom stereocenters. The maximum Gasteiger partial charge on any atom is 0.435 e. The van der Waals surface area contributed by atoms with Crippen molar-refractivity contribution in [2.75, 3.05) is 26.2 Å². The van der Waals surface area contributed by atoms with Crippen LogP contribution >= 0.6 is 11.6 Å². The summed E-state index contributed by atoms with van der Waals surface area (Å²) in [5, 5.41) is 13.0. The molecule has 1 aliphatic carbocycles. The van der Waals surface area contributed by atoms with Gasteiger partial charge in [0.1, 0.15) is 5.82 Å². The minimum absolute atomic E-state index is 0.00322. The molecule has 1 spiro atoms. The maximum absolute atomic E-state index is 14.3. The number of fused-ring (bicyclic) bond motifs is 1. The Morgan fingerprint density at radius 2 is 1.94 bits per heavy atom. The molecule has 2 fully saturated rings. The van der Waals surface area contributed by atoms with Gasteiger partial charge in [0.15, 0.2) is 5.69 Å². The number of likely N-dealkylation sites (tertiary alicyclic amines) is 1. The first-order valence-corrected chi connectivity index (χ1v) is 11.6. The number of alkyl halides is 3. The van der Waals surface area contributed by atoms with Gasteiger partial charge in [0.25, 0.3) is 0 Å². The van der Waals surface area contributed by atoms with E-state index in [0.717, 1.165) is 10.7 Å². The average Bonchev–Trinajstić information content (AvgIpc) is 3.08. The normalized spacial score (nSPS) is 19.9. The summed E-state index contributed by atoms with van der Waals surface area (Å²) in [4.78, 5) is 27.4. The van der Waals surface area contributed by atoms with Crippen molar-refractivity contribution in [2.45, 2.75) is 38.5 Å². The molecule has 12 heteroatoms. The molecule has 2 aromatic rings. The fraction of sp³-hybridized carbons (Fsp3) is 0.522. The van der Waals surface area contributed by atoms with E-state index in [1.54, 1.807) is 0 Å². The zero-order chi connectivity index (χ0) is 25.1. The number of aliphatic carboxylic acids is 1. The van der Waals surface area contributed by atoms with E-state index in [4.69, 9.17) is 16.7 Å². The SMILES string of the molecule is O=C(O)C1CC2(C1)CN(CC(=O)N1CCc3c(C(F)(F)F)nn(Cc4ccc(Cl)cc4F)c3C1)C2. The molecule has 0 bridgehead atoms. The Kier molecular flexibility index (Phi) is 5.83. The summed E-state index contributed by atoms with van der Waals surface area (Å²) in [7, 11) is 0. The summed E-state index contributed by atoms with van der Waals surface area (Å²) in [6.07, 6.45) is -3.44. The third-order valence-corrected chi connectivity index (χ3v) is 7.52. The standard InChI is InChI=1S/C23H23ClF4N4O3/c24-15-2-1-13(17(25)5-15)8-32-18-9-31(4-3-16(18)20(29-32)23(26,27)28)19(33)10-30-11-22(12-30)6-14(7-22)21(34)35/h1-2,5,14H,3-4,6-12H2,(H,34,35). The molecule has 0 unspecified atom stereocenters. The van der Waals surface area contributed by atoms with Crippen molar-refractivity contribution in [3.8, 4) is 0 Å². The number of nitrogens with zero attached hydrogens (tertiary/aromatic N) is 4. The third-order valence-electron chi connectivity index (χ3n) is 7.28. The Morgan fingerprint density at radius 1 is 1.23 bits per heavy atom. The quantitative estimate of drug-likeness (QED) is 0.619. The number of benzene rings is 1. The first-order chi connectivity index (χ1) is 16.4. The van der Waals surface area contributed by atoms with Crippen LogP contribution in [0.5, 0.6) is 0 Å². The first-order valence-electron chi connectivity index (χ1n) is 11.3. The molecular formula is C23H23ClF4N4O3. The van der Waals surface area contributed by atoms with Gasteiger partial charge in [-0.05, 0) is 36.8 Å². The zero-order valence-corrected chi connectivity index (χ0v) is 19.4. The Labute approximate surface area is 203 Å². The number of halogens is 5. The smallest absolute Gasteiger partial charge is 0.435 e. The Hall–Kier alpha value is -2.66. The number of amides is 1. The highest BCUT2D eigenvalue weighted by atomic mass is 35.5. The molecule has 1 amide bonds. The number of hydrogen-bond acceptors (Lipinski definition) is 4. The molecule has 1 saturated heterocycles. The highest BCUT2D eigenvalue weighted by molar-refractivity contribution is 6.30. The van der Waals surface area contributed by atoms with E-state index >= 15 is 0 Å². The van der Waals surface area contributed by atoms with Gasteiger partial charge in [0.05, 0.1) is 31.2 Å². The predicted molar refractivity (Wildman–Crippen MR) is 116 cm³/mol. The molecule has 1 aromatic heterocycles. The Morgan fingerprint density at radius 3 is 2.57 bits per heavy atom. The van der Waals surface area contributed by atoms with Gasteiger partial charge >= 0.3 is 12.1 Å². The van der Waals surface area contributed by atoms with Crippen molar-refractivity contribution >= 4 is 23.5 Å². The van der Waals surface area contributed by atoms with Crippen LogP contribution < -0.4 is 0 Å². The van der Waals surface area contributed by atoms with Crippen LogP contribution in [0.4, 0.5) is 17.6 Å². The Balaban J connectivity index is 1.29. The molecule has 0 radical (unpaired) electrons. The molecule has 1 aromatic carbocycles. The second-order valence-electron chi connectivity index (χ2n) is 9.82. The maximum atomic E-state index is 14.3. The molecule has 35 heavy (non-hydrogen) atoms. The third kappa shape index (κ3) is 4.51. The van der Waals surface area contributed by atoms with Crippen molar-refractivity contribution in [3.63, 3.8) is 0 Å². The minimum atomic E-state index is -4.66. The number of carboxylic acid groups (broad SMARTS) is 1. The molecule has 7 nitrogen and oxygen atoms in total. The summed E-state index contributed by atoms with van der Waals surface area (Å²) in [6.45, 7) is 1.29. The lowest BCUT2D eigenvalue weighted by atomic mass is 9.58. The molecule has 3 heterocycles. The van der Waals surface area contributed by atoms with Crippen LogP contribution in [0, 0.1) is 17.2 Å². The van der Waals surface area contributed by atoms with E-state index in [0.29, 0.717) is 25.9 Å². The minimum Gasteiger partial charge on any atom is -0.481 e. The van der Waals surface area contributed by atoms with Crippen molar-refractivity contribution < 1.29 is 32.3 Å². The van der Waals surface area contributed by atoms with E-state index in [1.165, 1.54) is 17.0 Å². The lowest BCUT2D eigenvalue weighted by Gasteiger charge is -2.58. The van der Waals surface area contributed by atoms with Crippen molar-refractivity contribution in [2.24, 2.45) is 11.3 Å². The highest BCUT2D eigenvalue weighted by Crippen LogP contribution is 2.51.